The van der Waals surface area contributed by atoms with Crippen molar-refractivity contribution in [3.63, 3.8) is 0 Å². The van der Waals surface area contributed by atoms with Gasteiger partial charge in [0.25, 0.3) is 0 Å². The summed E-state index contributed by atoms with van der Waals surface area (Å²) in [6.45, 7) is 2.24. The molecule has 0 saturated carbocycles. The van der Waals surface area contributed by atoms with Gasteiger partial charge in [-0.1, -0.05) is 0 Å². The Morgan fingerprint density at radius 2 is 2.58 bits per heavy atom. The van der Waals surface area contributed by atoms with Gasteiger partial charge in [-0.15, -0.1) is 0 Å². The normalized spacial score (nSPS) is 12.8. The van der Waals surface area contributed by atoms with Gasteiger partial charge >= 0.3 is 0 Å². The molecule has 0 radical (unpaired) electrons. The van der Waals surface area contributed by atoms with Crippen LogP contribution in [-0.2, 0) is 11.3 Å². The molecule has 0 aliphatic rings. The van der Waals surface area contributed by atoms with Crippen LogP contribution in [0.15, 0.2) is 22.8 Å². The number of carbonyl (C=O) groups is 1. The maximum absolute atomic E-state index is 10.6. The van der Waals surface area contributed by atoms with Crippen molar-refractivity contribution in [3.8, 4) is 0 Å². The Labute approximate surface area is 70.7 Å². The highest BCUT2D eigenvalue weighted by Crippen LogP contribution is 1.98. The maximum Gasteiger partial charge on any atom is 0.234 e. The van der Waals surface area contributed by atoms with E-state index < -0.39 is 0 Å². The van der Waals surface area contributed by atoms with Crippen LogP contribution in [0.1, 0.15) is 12.7 Å². The molecule has 1 atom stereocenters. The molecular weight excluding hydrogens is 156 g/mol. The average Bonchev–Trinajstić information content (AvgIpc) is 2.51. The zero-order chi connectivity index (χ0) is 8.97. The first-order valence-corrected chi connectivity index (χ1v) is 3.75. The number of amides is 1. The van der Waals surface area contributed by atoms with Gasteiger partial charge in [0.05, 0.1) is 18.8 Å². The van der Waals surface area contributed by atoms with E-state index in [9.17, 15) is 4.79 Å². The third-order valence-corrected chi connectivity index (χ3v) is 1.59. The van der Waals surface area contributed by atoms with E-state index in [1.165, 1.54) is 0 Å². The molecule has 0 aliphatic heterocycles. The van der Waals surface area contributed by atoms with Crippen LogP contribution < -0.4 is 11.1 Å². The first-order chi connectivity index (χ1) is 5.70. The number of hydrogen-bond donors (Lipinski definition) is 2. The third kappa shape index (κ3) is 2.39. The van der Waals surface area contributed by atoms with Gasteiger partial charge in [0.1, 0.15) is 5.76 Å². The summed E-state index contributed by atoms with van der Waals surface area (Å²) in [5, 5.41) is 2.92. The van der Waals surface area contributed by atoms with Crippen LogP contribution in [0.3, 0.4) is 0 Å². The number of nitrogens with two attached hydrogens (primary N) is 1. The molecule has 66 valence electrons. The van der Waals surface area contributed by atoms with E-state index in [4.69, 9.17) is 10.2 Å². The van der Waals surface area contributed by atoms with Crippen molar-refractivity contribution in [3.05, 3.63) is 24.2 Å². The van der Waals surface area contributed by atoms with Crippen molar-refractivity contribution in [2.24, 2.45) is 5.73 Å². The predicted octanol–water partition coefficient (Wildman–Crippen LogP) is 0.243. The molecule has 0 fully saturated rings. The molecule has 1 aromatic rings. The lowest BCUT2D eigenvalue weighted by atomic mass is 10.3. The topological polar surface area (TPSA) is 68.3 Å². The monoisotopic (exact) mass is 168 g/mol. The standard InChI is InChI=1S/C8H12N2O2/c1-6(8(9)11)10-5-7-3-2-4-12-7/h2-4,6,10H,5H2,1H3,(H2,9,11). The van der Waals surface area contributed by atoms with Crippen LogP contribution in [-0.4, -0.2) is 11.9 Å². The van der Waals surface area contributed by atoms with Crippen molar-refractivity contribution < 1.29 is 9.21 Å². The Bertz CT molecular complexity index is 244. The van der Waals surface area contributed by atoms with E-state index in [0.29, 0.717) is 6.54 Å². The van der Waals surface area contributed by atoms with Gasteiger partial charge in [-0.3, -0.25) is 10.1 Å². The second kappa shape index (κ2) is 3.92. The lowest BCUT2D eigenvalue weighted by Crippen LogP contribution is -2.38. The molecule has 4 nitrogen and oxygen atoms in total. The molecule has 0 aliphatic carbocycles. The quantitative estimate of drug-likeness (QED) is 0.676. The van der Waals surface area contributed by atoms with E-state index in [0.717, 1.165) is 5.76 Å². The second-order valence-electron chi connectivity index (χ2n) is 2.58. The zero-order valence-electron chi connectivity index (χ0n) is 6.91. The average molecular weight is 168 g/mol. The van der Waals surface area contributed by atoms with Crippen molar-refractivity contribution in [2.75, 3.05) is 0 Å². The number of furan rings is 1. The number of nitrogens with one attached hydrogen (secondary N) is 1. The smallest absolute Gasteiger partial charge is 0.234 e. The molecule has 3 N–H and O–H groups in total. The molecule has 1 amide bonds. The van der Waals surface area contributed by atoms with Gasteiger partial charge in [0, 0.05) is 0 Å². The minimum absolute atomic E-state index is 0.324. The van der Waals surface area contributed by atoms with Crippen LogP contribution in [0.5, 0.6) is 0 Å². The van der Waals surface area contributed by atoms with Gasteiger partial charge in [-0.2, -0.15) is 0 Å². The van der Waals surface area contributed by atoms with E-state index in [1.807, 2.05) is 6.07 Å². The summed E-state index contributed by atoms with van der Waals surface area (Å²) < 4.78 is 5.05. The predicted molar refractivity (Wildman–Crippen MR) is 44.2 cm³/mol. The van der Waals surface area contributed by atoms with Crippen molar-refractivity contribution >= 4 is 5.91 Å². The van der Waals surface area contributed by atoms with Crippen LogP contribution in [0.4, 0.5) is 0 Å². The molecular formula is C8H12N2O2. The van der Waals surface area contributed by atoms with Crippen LogP contribution in [0, 0.1) is 0 Å². The van der Waals surface area contributed by atoms with E-state index >= 15 is 0 Å². The maximum atomic E-state index is 10.6. The fourth-order valence-corrected chi connectivity index (χ4v) is 0.767. The molecule has 4 heteroatoms. The van der Waals surface area contributed by atoms with E-state index in [1.54, 1.807) is 19.3 Å². The van der Waals surface area contributed by atoms with Gasteiger partial charge in [-0.25, -0.2) is 0 Å². The summed E-state index contributed by atoms with van der Waals surface area (Å²) in [6.07, 6.45) is 1.59. The van der Waals surface area contributed by atoms with Crippen molar-refractivity contribution in [1.82, 2.24) is 5.32 Å². The minimum Gasteiger partial charge on any atom is -0.468 e. The summed E-state index contributed by atoms with van der Waals surface area (Å²) in [5.41, 5.74) is 5.04. The zero-order valence-corrected chi connectivity index (χ0v) is 6.91. The van der Waals surface area contributed by atoms with Gasteiger partial charge < -0.3 is 10.2 Å². The highest BCUT2D eigenvalue weighted by molar-refractivity contribution is 5.79. The largest absolute Gasteiger partial charge is 0.468 e. The molecule has 0 aromatic carbocycles. The van der Waals surface area contributed by atoms with E-state index in [-0.39, 0.29) is 11.9 Å². The highest BCUT2D eigenvalue weighted by Gasteiger charge is 2.07. The Morgan fingerprint density at radius 1 is 1.83 bits per heavy atom. The van der Waals surface area contributed by atoms with Crippen molar-refractivity contribution in [1.29, 1.82) is 0 Å². The lowest BCUT2D eigenvalue weighted by molar-refractivity contribution is -0.119. The molecule has 1 heterocycles. The molecule has 1 aromatic heterocycles. The number of hydrogen-bond acceptors (Lipinski definition) is 3. The van der Waals surface area contributed by atoms with Crippen LogP contribution >= 0.6 is 0 Å². The molecule has 12 heavy (non-hydrogen) atoms. The van der Waals surface area contributed by atoms with Crippen LogP contribution in [0.25, 0.3) is 0 Å². The third-order valence-electron chi connectivity index (χ3n) is 1.59. The van der Waals surface area contributed by atoms with Gasteiger partial charge in [0.2, 0.25) is 5.91 Å². The number of rotatable bonds is 4. The van der Waals surface area contributed by atoms with Gasteiger partial charge in [0.15, 0.2) is 0 Å². The molecule has 1 unspecified atom stereocenters. The summed E-state index contributed by atoms with van der Waals surface area (Å²) >= 11 is 0. The summed E-state index contributed by atoms with van der Waals surface area (Å²) in [7, 11) is 0. The molecule has 0 bridgehead atoms. The summed E-state index contributed by atoms with van der Waals surface area (Å²) in [4.78, 5) is 10.6. The lowest BCUT2D eigenvalue weighted by Gasteiger charge is -2.07. The fourth-order valence-electron chi connectivity index (χ4n) is 0.767. The summed E-state index contributed by atoms with van der Waals surface area (Å²) in [5.74, 6) is 0.435. The van der Waals surface area contributed by atoms with Crippen LogP contribution in [0.2, 0.25) is 0 Å². The Balaban J connectivity index is 2.31. The number of primary amides is 1. The molecule has 1 rings (SSSR count). The molecule has 0 saturated heterocycles. The van der Waals surface area contributed by atoms with Crippen molar-refractivity contribution in [2.45, 2.75) is 19.5 Å². The SMILES string of the molecule is CC(NCc1ccco1)C(N)=O. The second-order valence-corrected chi connectivity index (χ2v) is 2.58. The van der Waals surface area contributed by atoms with E-state index in [2.05, 4.69) is 5.32 Å². The fraction of sp³-hybridized carbons (Fsp3) is 0.375. The first-order valence-electron chi connectivity index (χ1n) is 3.75. The molecule has 0 spiro atoms. The number of carbonyl (C=O) groups excluding carboxylic acids is 1. The Hall–Kier alpha value is -1.29. The Morgan fingerprint density at radius 3 is 3.08 bits per heavy atom. The first kappa shape index (κ1) is 8.80. The minimum atomic E-state index is -0.360. The summed E-state index contributed by atoms with van der Waals surface area (Å²) in [6, 6.07) is 3.31. The highest BCUT2D eigenvalue weighted by atomic mass is 16.3. The van der Waals surface area contributed by atoms with Gasteiger partial charge in [-0.05, 0) is 19.1 Å². The Kier molecular flexibility index (Phi) is 2.88.